The first-order valence-electron chi connectivity index (χ1n) is 6.34. The van der Waals surface area contributed by atoms with Crippen LogP contribution in [0.4, 0.5) is 17.6 Å². The number of nitrogens with zero attached hydrogens (tertiary/aromatic N) is 1. The topological polar surface area (TPSA) is 24.9 Å². The Bertz CT molecular complexity index is 593. The number of pyridine rings is 1. The summed E-state index contributed by atoms with van der Waals surface area (Å²) in [4.78, 5) is 3.78. The molecule has 0 radical (unpaired) electrons. The van der Waals surface area contributed by atoms with Crippen LogP contribution in [0.25, 0.3) is 0 Å². The van der Waals surface area contributed by atoms with Crippen LogP contribution >= 0.6 is 0 Å². The fourth-order valence-corrected chi connectivity index (χ4v) is 2.17. The molecule has 1 N–H and O–H groups in total. The molecule has 21 heavy (non-hydrogen) atoms. The van der Waals surface area contributed by atoms with Gasteiger partial charge in [-0.2, -0.15) is 13.2 Å². The smallest absolute Gasteiger partial charge is 0.313 e. The van der Waals surface area contributed by atoms with Gasteiger partial charge in [-0.25, -0.2) is 4.39 Å². The number of benzene rings is 1. The molecule has 1 aromatic carbocycles. The Hall–Kier alpha value is -1.95. The van der Waals surface area contributed by atoms with E-state index >= 15 is 0 Å². The average Bonchev–Trinajstić information content (AvgIpc) is 2.46. The zero-order valence-corrected chi connectivity index (χ0v) is 11.3. The van der Waals surface area contributed by atoms with Gasteiger partial charge in [-0.05, 0) is 42.8 Å². The number of halogens is 4. The Morgan fingerprint density at radius 2 is 1.81 bits per heavy atom. The molecular formula is C15H14F4N2. The Labute approximate surface area is 119 Å². The monoisotopic (exact) mass is 298 g/mol. The van der Waals surface area contributed by atoms with Gasteiger partial charge in [-0.15, -0.1) is 0 Å². The third-order valence-electron chi connectivity index (χ3n) is 3.23. The van der Waals surface area contributed by atoms with E-state index in [0.717, 1.165) is 17.8 Å². The molecule has 1 atom stereocenters. The Morgan fingerprint density at radius 1 is 1.14 bits per heavy atom. The second kappa shape index (κ2) is 6.22. The summed E-state index contributed by atoms with van der Waals surface area (Å²) in [6, 6.07) is 6.10. The summed E-state index contributed by atoms with van der Waals surface area (Å²) in [5, 5.41) is 2.86. The number of aromatic nitrogens is 1. The van der Waals surface area contributed by atoms with Crippen molar-refractivity contribution >= 4 is 0 Å². The van der Waals surface area contributed by atoms with Gasteiger partial charge in [0, 0.05) is 18.4 Å². The van der Waals surface area contributed by atoms with Gasteiger partial charge < -0.3 is 5.32 Å². The second-order valence-corrected chi connectivity index (χ2v) is 4.63. The summed E-state index contributed by atoms with van der Waals surface area (Å²) in [7, 11) is 1.58. The van der Waals surface area contributed by atoms with Crippen molar-refractivity contribution in [2.24, 2.45) is 0 Å². The van der Waals surface area contributed by atoms with Crippen LogP contribution in [0.3, 0.4) is 0 Å². The maximum atomic E-state index is 13.0. The van der Waals surface area contributed by atoms with Gasteiger partial charge in [0.25, 0.3) is 0 Å². The molecule has 0 bridgehead atoms. The summed E-state index contributed by atoms with van der Waals surface area (Å²) < 4.78 is 52.0. The largest absolute Gasteiger partial charge is 0.416 e. The van der Waals surface area contributed by atoms with E-state index in [1.165, 1.54) is 18.3 Å². The first-order chi connectivity index (χ1) is 9.91. The molecule has 112 valence electrons. The number of nitrogens with one attached hydrogen (secondary N) is 1. The second-order valence-electron chi connectivity index (χ2n) is 4.63. The number of rotatable bonds is 4. The van der Waals surface area contributed by atoms with Gasteiger partial charge in [0.15, 0.2) is 0 Å². The van der Waals surface area contributed by atoms with Crippen LogP contribution in [-0.4, -0.2) is 12.0 Å². The van der Waals surface area contributed by atoms with Gasteiger partial charge in [0.1, 0.15) is 5.82 Å². The first kappa shape index (κ1) is 15.4. The van der Waals surface area contributed by atoms with Gasteiger partial charge in [-0.3, -0.25) is 4.98 Å². The Morgan fingerprint density at radius 3 is 2.38 bits per heavy atom. The molecule has 0 aliphatic heterocycles. The van der Waals surface area contributed by atoms with Crippen LogP contribution in [0.5, 0.6) is 0 Å². The van der Waals surface area contributed by atoms with E-state index in [1.54, 1.807) is 19.2 Å². The van der Waals surface area contributed by atoms with E-state index in [4.69, 9.17) is 0 Å². The van der Waals surface area contributed by atoms with Crippen molar-refractivity contribution in [3.63, 3.8) is 0 Å². The molecule has 0 aliphatic carbocycles. The van der Waals surface area contributed by atoms with Crippen molar-refractivity contribution in [1.82, 2.24) is 10.3 Å². The molecule has 2 aromatic rings. The van der Waals surface area contributed by atoms with Gasteiger partial charge in [0.05, 0.1) is 5.56 Å². The third kappa shape index (κ3) is 3.78. The summed E-state index contributed by atoms with van der Waals surface area (Å²) >= 11 is 0. The molecule has 0 spiro atoms. The van der Waals surface area contributed by atoms with E-state index in [2.05, 4.69) is 10.3 Å². The maximum absolute atomic E-state index is 13.0. The Kier molecular flexibility index (Phi) is 4.57. The summed E-state index contributed by atoms with van der Waals surface area (Å²) in [5.74, 6) is -0.378. The molecule has 0 saturated heterocycles. The molecule has 1 heterocycles. The molecule has 2 nitrogen and oxygen atoms in total. The van der Waals surface area contributed by atoms with Crippen molar-refractivity contribution in [2.75, 3.05) is 7.05 Å². The van der Waals surface area contributed by atoms with Gasteiger partial charge in [-0.1, -0.05) is 12.1 Å². The van der Waals surface area contributed by atoms with Crippen molar-refractivity contribution in [3.05, 3.63) is 65.2 Å². The number of likely N-dealkylation sites (N-methyl/N-ethyl adjacent to an activating group) is 1. The van der Waals surface area contributed by atoms with Crippen LogP contribution in [0.15, 0.2) is 42.7 Å². The number of hydrogen-bond donors (Lipinski definition) is 1. The SMILES string of the molecule is CNC(Cc1ccc(F)cc1)c1cnccc1C(F)(F)F. The third-order valence-corrected chi connectivity index (χ3v) is 3.23. The normalized spacial score (nSPS) is 13.2. The van der Waals surface area contributed by atoms with E-state index in [9.17, 15) is 17.6 Å². The lowest BCUT2D eigenvalue weighted by atomic mass is 9.96. The van der Waals surface area contributed by atoms with Crippen LogP contribution in [0.2, 0.25) is 0 Å². The first-order valence-corrected chi connectivity index (χ1v) is 6.34. The molecule has 0 saturated carbocycles. The predicted octanol–water partition coefficient (Wildman–Crippen LogP) is 3.74. The average molecular weight is 298 g/mol. The van der Waals surface area contributed by atoms with Crippen molar-refractivity contribution < 1.29 is 17.6 Å². The van der Waals surface area contributed by atoms with Crippen LogP contribution in [-0.2, 0) is 12.6 Å². The predicted molar refractivity (Wildman–Crippen MR) is 71.1 cm³/mol. The van der Waals surface area contributed by atoms with Crippen molar-refractivity contribution in [3.8, 4) is 0 Å². The lowest BCUT2D eigenvalue weighted by molar-refractivity contribution is -0.138. The highest BCUT2D eigenvalue weighted by atomic mass is 19.4. The van der Waals surface area contributed by atoms with E-state index in [-0.39, 0.29) is 11.4 Å². The fourth-order valence-electron chi connectivity index (χ4n) is 2.17. The van der Waals surface area contributed by atoms with Gasteiger partial charge >= 0.3 is 6.18 Å². The molecule has 6 heteroatoms. The highest BCUT2D eigenvalue weighted by Gasteiger charge is 2.35. The van der Waals surface area contributed by atoms with E-state index in [0.29, 0.717) is 6.42 Å². The van der Waals surface area contributed by atoms with Gasteiger partial charge in [0.2, 0.25) is 0 Å². The van der Waals surface area contributed by atoms with E-state index < -0.39 is 17.8 Å². The van der Waals surface area contributed by atoms with Crippen LogP contribution < -0.4 is 5.32 Å². The number of alkyl halides is 3. The standard InChI is InChI=1S/C15H14F4N2/c1-20-14(8-10-2-4-11(16)5-3-10)12-9-21-7-6-13(12)15(17,18)19/h2-7,9,14,20H,8H2,1H3. The van der Waals surface area contributed by atoms with Crippen LogP contribution in [0, 0.1) is 5.82 Å². The lowest BCUT2D eigenvalue weighted by Gasteiger charge is -2.21. The molecular weight excluding hydrogens is 284 g/mol. The highest BCUT2D eigenvalue weighted by molar-refractivity contribution is 5.31. The maximum Gasteiger partial charge on any atom is 0.416 e. The molecule has 1 unspecified atom stereocenters. The minimum atomic E-state index is -4.43. The zero-order valence-electron chi connectivity index (χ0n) is 11.3. The molecule has 0 aliphatic rings. The molecule has 2 rings (SSSR count). The summed E-state index contributed by atoms with van der Waals surface area (Å²) in [6.07, 6.45) is -1.79. The molecule has 0 fully saturated rings. The minimum Gasteiger partial charge on any atom is -0.313 e. The lowest BCUT2D eigenvalue weighted by Crippen LogP contribution is -2.23. The quantitative estimate of drug-likeness (QED) is 0.870. The number of hydrogen-bond acceptors (Lipinski definition) is 2. The van der Waals surface area contributed by atoms with Crippen molar-refractivity contribution in [2.45, 2.75) is 18.6 Å². The highest BCUT2D eigenvalue weighted by Crippen LogP contribution is 2.34. The molecule has 0 amide bonds. The summed E-state index contributed by atoms with van der Waals surface area (Å²) in [5.41, 5.74) is 0.114. The fraction of sp³-hybridized carbons (Fsp3) is 0.267. The van der Waals surface area contributed by atoms with Crippen LogP contribution in [0.1, 0.15) is 22.7 Å². The zero-order chi connectivity index (χ0) is 15.5. The van der Waals surface area contributed by atoms with E-state index in [1.807, 2.05) is 0 Å². The Balaban J connectivity index is 2.32. The summed E-state index contributed by atoms with van der Waals surface area (Å²) in [6.45, 7) is 0. The molecule has 1 aromatic heterocycles. The van der Waals surface area contributed by atoms with Crippen molar-refractivity contribution in [1.29, 1.82) is 0 Å². The minimum absolute atomic E-state index is 0.0804.